The van der Waals surface area contributed by atoms with Crippen molar-refractivity contribution in [2.45, 2.75) is 49.6 Å². The van der Waals surface area contributed by atoms with Crippen LogP contribution >= 0.6 is 0 Å². The zero-order valence-electron chi connectivity index (χ0n) is 38.2. The second-order valence-corrected chi connectivity index (χ2v) is 19.2. The number of hydrogen-bond acceptors (Lipinski definition) is 3. The van der Waals surface area contributed by atoms with Gasteiger partial charge in [-0.1, -0.05) is 165 Å². The summed E-state index contributed by atoms with van der Waals surface area (Å²) in [6.45, 7) is 0. The Morgan fingerprint density at radius 1 is 0.471 bits per heavy atom. The Morgan fingerprint density at radius 3 is 1.80 bits per heavy atom. The zero-order valence-corrected chi connectivity index (χ0v) is 38.2. The largest absolute Gasteiger partial charge is 0.454 e. The summed E-state index contributed by atoms with van der Waals surface area (Å²) in [6.07, 6.45) is 1.38. The van der Waals surface area contributed by atoms with E-state index in [9.17, 15) is 13.2 Å². The van der Waals surface area contributed by atoms with Gasteiger partial charge in [0, 0.05) is 27.5 Å². The van der Waals surface area contributed by atoms with E-state index in [1.165, 1.54) is 48.1 Å². The molecule has 2 heterocycles. The summed E-state index contributed by atoms with van der Waals surface area (Å²) in [5.74, 6) is 0.404. The van der Waals surface area contributed by atoms with Crippen LogP contribution in [0.1, 0.15) is 71.4 Å². The van der Waals surface area contributed by atoms with Gasteiger partial charge in [0.2, 0.25) is 0 Å². The third kappa shape index (κ3) is 5.83. The summed E-state index contributed by atoms with van der Waals surface area (Å²) < 4.78 is 50.5. The van der Waals surface area contributed by atoms with E-state index in [1.807, 2.05) is 0 Å². The fourth-order valence-electron chi connectivity index (χ4n) is 12.7. The first-order chi connectivity index (χ1) is 34.4. The van der Waals surface area contributed by atoms with E-state index in [0.29, 0.717) is 17.2 Å². The molecule has 2 aliphatic carbocycles. The average molecular weight is 915 g/mol. The molecule has 1 aromatic heterocycles. The minimum absolute atomic E-state index is 0.404. The second kappa shape index (κ2) is 15.5. The van der Waals surface area contributed by atoms with Crippen molar-refractivity contribution in [1.29, 1.82) is 0 Å². The van der Waals surface area contributed by atoms with Crippen LogP contribution in [-0.2, 0) is 11.6 Å². The van der Waals surface area contributed by atoms with Crippen LogP contribution in [0.2, 0.25) is 0 Å². The lowest BCUT2D eigenvalue weighted by Gasteiger charge is -2.45. The number of alkyl halides is 3. The Labute approximate surface area is 403 Å². The average Bonchev–Trinajstić information content (AvgIpc) is 3.94. The van der Waals surface area contributed by atoms with E-state index in [4.69, 9.17) is 4.42 Å². The van der Waals surface area contributed by atoms with Gasteiger partial charge in [0.25, 0.3) is 0 Å². The quantitative estimate of drug-likeness (QED) is 0.172. The highest BCUT2D eigenvalue weighted by Crippen LogP contribution is 2.66. The number of para-hydroxylation sites is 5. The normalized spacial score (nSPS) is 15.1. The van der Waals surface area contributed by atoms with Gasteiger partial charge in [0.15, 0.2) is 5.58 Å². The van der Waals surface area contributed by atoms with Crippen LogP contribution in [0.15, 0.2) is 211 Å². The lowest BCUT2D eigenvalue weighted by molar-refractivity contribution is -0.137. The first-order valence-corrected chi connectivity index (χ1v) is 24.4. The number of nitrogens with zero attached hydrogens (tertiary/aromatic N) is 2. The van der Waals surface area contributed by atoms with Crippen LogP contribution in [0.4, 0.5) is 47.3 Å². The first kappa shape index (κ1) is 40.9. The number of halogens is 3. The van der Waals surface area contributed by atoms with Crippen molar-refractivity contribution in [2.75, 3.05) is 9.80 Å². The lowest BCUT2D eigenvalue weighted by Crippen LogP contribution is -2.36. The number of hydrogen-bond donors (Lipinski definition) is 0. The third-order valence-electron chi connectivity index (χ3n) is 15.6. The predicted octanol–water partition coefficient (Wildman–Crippen LogP) is 18.6. The molecule has 0 saturated heterocycles. The summed E-state index contributed by atoms with van der Waals surface area (Å²) in [5.41, 5.74) is 13.6. The van der Waals surface area contributed by atoms with E-state index < -0.39 is 17.2 Å². The minimum Gasteiger partial charge on any atom is -0.454 e. The van der Waals surface area contributed by atoms with Crippen LogP contribution in [-0.4, -0.2) is 0 Å². The van der Waals surface area contributed by atoms with Gasteiger partial charge in [-0.25, -0.2) is 0 Å². The Hall–Kier alpha value is -8.09. The van der Waals surface area contributed by atoms with Gasteiger partial charge in [-0.15, -0.1) is 0 Å². The molecule has 338 valence electrons. The fraction of sp³-hybridized carbons (Fsp3) is 0.125. The Morgan fingerprint density at radius 2 is 1.07 bits per heavy atom. The van der Waals surface area contributed by atoms with Gasteiger partial charge < -0.3 is 14.2 Å². The van der Waals surface area contributed by atoms with E-state index >= 15 is 0 Å². The molecule has 0 amide bonds. The van der Waals surface area contributed by atoms with Gasteiger partial charge in [0.1, 0.15) is 5.58 Å². The highest BCUT2D eigenvalue weighted by atomic mass is 19.4. The predicted molar refractivity (Wildman–Crippen MR) is 280 cm³/mol. The maximum atomic E-state index is 14.4. The topological polar surface area (TPSA) is 19.6 Å². The minimum atomic E-state index is -4.51. The molecule has 11 aromatic rings. The molecular formula is C64H45F3N2O. The van der Waals surface area contributed by atoms with Crippen LogP contribution in [0.5, 0.6) is 0 Å². The molecule has 0 atom stereocenters. The molecule has 1 fully saturated rings. The molecule has 10 aromatic carbocycles. The van der Waals surface area contributed by atoms with Crippen molar-refractivity contribution in [3.63, 3.8) is 0 Å². The van der Waals surface area contributed by atoms with E-state index in [-0.39, 0.29) is 0 Å². The number of furan rings is 1. The zero-order chi connectivity index (χ0) is 46.7. The van der Waals surface area contributed by atoms with Crippen molar-refractivity contribution >= 4 is 77.6 Å². The monoisotopic (exact) mass is 914 g/mol. The maximum absolute atomic E-state index is 14.4. The smallest absolute Gasteiger partial charge is 0.416 e. The molecule has 0 radical (unpaired) electrons. The Bertz CT molecular complexity index is 3840. The van der Waals surface area contributed by atoms with Crippen molar-refractivity contribution in [3.8, 4) is 11.1 Å². The van der Waals surface area contributed by atoms with Gasteiger partial charge in [-0.3, -0.25) is 0 Å². The molecule has 14 rings (SSSR count). The van der Waals surface area contributed by atoms with Crippen molar-refractivity contribution in [2.24, 2.45) is 0 Å². The van der Waals surface area contributed by atoms with Crippen LogP contribution in [0.25, 0.3) is 54.6 Å². The summed E-state index contributed by atoms with van der Waals surface area (Å²) in [6, 6.07) is 70.7. The van der Waals surface area contributed by atoms with Crippen molar-refractivity contribution < 1.29 is 17.6 Å². The molecule has 0 unspecified atom stereocenters. The van der Waals surface area contributed by atoms with Gasteiger partial charge in [0.05, 0.1) is 33.7 Å². The summed E-state index contributed by atoms with van der Waals surface area (Å²) in [5, 5.41) is 6.35. The highest BCUT2D eigenvalue weighted by molar-refractivity contribution is 6.18. The Balaban J connectivity index is 1.12. The van der Waals surface area contributed by atoms with E-state index in [2.05, 4.69) is 192 Å². The lowest BCUT2D eigenvalue weighted by atomic mass is 9.64. The molecule has 1 spiro atoms. The molecule has 1 aliphatic heterocycles. The number of fused-ring (bicyclic) bond motifs is 16. The molecule has 1 saturated carbocycles. The fourth-order valence-corrected chi connectivity index (χ4v) is 12.7. The van der Waals surface area contributed by atoms with Gasteiger partial charge in [-0.2, -0.15) is 13.2 Å². The second-order valence-electron chi connectivity index (χ2n) is 19.2. The van der Waals surface area contributed by atoms with Gasteiger partial charge in [-0.05, 0) is 135 Å². The van der Waals surface area contributed by atoms with Crippen molar-refractivity contribution in [3.05, 3.63) is 240 Å². The van der Waals surface area contributed by atoms with E-state index in [1.54, 1.807) is 12.1 Å². The summed E-state index contributed by atoms with van der Waals surface area (Å²) in [7, 11) is 0. The molecular weight excluding hydrogens is 870 g/mol. The number of benzene rings is 10. The van der Waals surface area contributed by atoms with Gasteiger partial charge >= 0.3 is 6.18 Å². The standard InChI is InChI=1S/C64H45F3N2O/c65-64(66,67)42-34-36-44(37-35-42)69(57-32-16-27-50-49-26-15-25-46(61(49)70-62(50)57)40-17-3-1-4-18-40)58-39-54-60(48-24-10-9-23-47(48)58)59-45-22-8-7-19-41(45)33-38-53(59)63(54)51-28-11-13-30-55(51)68(43-20-5-2-6-21-43)56-31-14-12-29-52(56)63/h2,5-16,19-40H,1,3-4,17-18H2. The maximum Gasteiger partial charge on any atom is 0.416 e. The molecule has 0 N–H and O–H groups in total. The van der Waals surface area contributed by atoms with Crippen molar-refractivity contribution in [1.82, 2.24) is 0 Å². The number of rotatable bonds is 5. The first-order valence-electron chi connectivity index (χ1n) is 24.4. The molecule has 6 heteroatoms. The molecule has 70 heavy (non-hydrogen) atoms. The van der Waals surface area contributed by atoms with Crippen LogP contribution in [0, 0.1) is 0 Å². The molecule has 3 aliphatic rings. The van der Waals surface area contributed by atoms with Crippen LogP contribution < -0.4 is 9.80 Å². The number of anilines is 6. The summed E-state index contributed by atoms with van der Waals surface area (Å²) in [4.78, 5) is 4.54. The highest BCUT2D eigenvalue weighted by Gasteiger charge is 2.53. The third-order valence-corrected chi connectivity index (χ3v) is 15.6. The summed E-state index contributed by atoms with van der Waals surface area (Å²) >= 11 is 0. The molecule has 0 bridgehead atoms. The van der Waals surface area contributed by atoms with Crippen LogP contribution in [0.3, 0.4) is 0 Å². The Kier molecular flexibility index (Phi) is 9.04. The SMILES string of the molecule is FC(F)(F)c1ccc(N(c2cc3c(c4ccccc24)-c2c(ccc4ccccc24)C32c3ccccc3N(c3ccccc3)c3ccccc32)c2cccc3c2oc2c(C4CCCCC4)cccc23)cc1. The van der Waals surface area contributed by atoms with E-state index in [0.717, 1.165) is 101 Å². The molecule has 3 nitrogen and oxygen atoms in total.